The van der Waals surface area contributed by atoms with Gasteiger partial charge in [-0.2, -0.15) is 12.9 Å². The Hall–Kier alpha value is -2.90. The molecule has 5 aliphatic rings. The van der Waals surface area contributed by atoms with Crippen molar-refractivity contribution in [3.8, 4) is 0 Å². The number of hydrogen-bond acceptors (Lipinski definition) is 20. The third-order valence-electron chi connectivity index (χ3n) is 13.9. The van der Waals surface area contributed by atoms with Crippen LogP contribution in [-0.2, 0) is 72.5 Å². The lowest BCUT2D eigenvalue weighted by atomic mass is 10.2. The predicted molar refractivity (Wildman–Crippen MR) is 407 cm³/mol. The van der Waals surface area contributed by atoms with Crippen molar-refractivity contribution in [1.82, 2.24) is 18.2 Å². The van der Waals surface area contributed by atoms with Gasteiger partial charge in [-0.05, 0) is 180 Å². The van der Waals surface area contributed by atoms with Gasteiger partial charge in [0, 0.05) is 72.4 Å². The van der Waals surface area contributed by atoms with Gasteiger partial charge in [0.25, 0.3) is 9.05 Å². The largest absolute Gasteiger partial charge is 0.480 e. The molecule has 5 aliphatic carbocycles. The topological polar surface area (TPSA) is 353 Å². The number of esters is 2. The monoisotopic (exact) mass is 1740 g/mol. The molecule has 0 unspecified atom stereocenters. The molecule has 24 nitrogen and oxygen atoms in total. The highest BCUT2D eigenvalue weighted by atomic mass is 79.9. The highest BCUT2D eigenvalue weighted by Crippen LogP contribution is 2.38. The summed E-state index contributed by atoms with van der Waals surface area (Å²) in [6.45, 7) is 18.6. The molecule has 9 rings (SSSR count). The van der Waals surface area contributed by atoms with E-state index in [1.54, 1.807) is 115 Å². The number of ether oxygens (including phenoxy) is 4. The second kappa shape index (κ2) is 45.8. The lowest BCUT2D eigenvalue weighted by Crippen LogP contribution is -2.37. The number of nitrogens with zero attached hydrogens (tertiary/aromatic N) is 3. The molecule has 4 aromatic carbocycles. The molecule has 35 heteroatoms. The number of aliphatic carboxylic acids is 1. The summed E-state index contributed by atoms with van der Waals surface area (Å²) in [5, 5.41) is 38.6. The van der Waals surface area contributed by atoms with Gasteiger partial charge in [0.05, 0.1) is 53.1 Å². The molecule has 0 atom stereocenters. The van der Waals surface area contributed by atoms with Crippen LogP contribution in [0.5, 0.6) is 0 Å². The van der Waals surface area contributed by atoms with Crippen molar-refractivity contribution in [3.63, 3.8) is 0 Å². The number of carbonyl (C=O) groups is 3. The number of carbonyl (C=O) groups excluding carboxylic acids is 2. The van der Waals surface area contributed by atoms with Gasteiger partial charge in [-0.1, -0.05) is 127 Å². The van der Waals surface area contributed by atoms with Crippen molar-refractivity contribution in [1.29, 1.82) is 0 Å². The average Bonchev–Trinajstić information content (AvgIpc) is 1.54. The Bertz CT molecular complexity index is 3660. The molecule has 4 aromatic rings. The first kappa shape index (κ1) is 95.2. The maximum atomic E-state index is 13.1. The summed E-state index contributed by atoms with van der Waals surface area (Å²) in [6.07, 6.45) is 10.1. The minimum Gasteiger partial charge on any atom is -0.480 e. The number of halogens is 7. The van der Waals surface area contributed by atoms with Crippen LogP contribution in [-0.4, -0.2) is 209 Å². The Labute approximate surface area is 644 Å². The second-order valence-corrected chi connectivity index (χ2v) is 36.7. The number of aliphatic hydroxyl groups excluding tert-OH is 3. The molecule has 5 saturated carbocycles. The fraction of sp³-hybridized carbons (Fsp3) is 0.597. The molecular weight excluding hydrogens is 1640 g/mol. The molecule has 0 saturated heterocycles. The zero-order valence-electron chi connectivity index (χ0n) is 59.2. The second-order valence-electron chi connectivity index (χ2n) is 25.8. The lowest BCUT2D eigenvalue weighted by molar-refractivity contribution is -0.160. The summed E-state index contributed by atoms with van der Waals surface area (Å²) in [6, 6.07) is 21.0. The predicted octanol–water partition coefficient (Wildman–Crippen LogP) is 11.4. The van der Waals surface area contributed by atoms with Crippen molar-refractivity contribution in [2.45, 2.75) is 194 Å². The van der Waals surface area contributed by atoms with Crippen LogP contribution in [0.4, 0.5) is 0 Å². The lowest BCUT2D eigenvalue weighted by Gasteiger charge is -2.23. The Morgan fingerprint density at radius 2 is 0.824 bits per heavy atom. The molecule has 0 radical (unpaired) electrons. The molecule has 0 aromatic heterocycles. The van der Waals surface area contributed by atoms with E-state index < -0.39 is 63.3 Å². The number of aryl methyl sites for hydroxylation is 4. The maximum Gasteiger partial charge on any atom is 0.332 e. The van der Waals surface area contributed by atoms with E-state index in [-0.39, 0.29) is 134 Å². The molecule has 0 heterocycles. The van der Waals surface area contributed by atoms with Gasteiger partial charge in [0.15, 0.2) is 0 Å². The Morgan fingerprint density at radius 3 is 1.05 bits per heavy atom. The fourth-order valence-corrected chi connectivity index (χ4v) is 18.3. The molecular formula is C67H100Br2Cl5N5O19S4. The molecule has 7 N–H and O–H groups in total. The number of benzene rings is 4. The van der Waals surface area contributed by atoms with Crippen molar-refractivity contribution in [3.05, 3.63) is 115 Å². The van der Waals surface area contributed by atoms with Gasteiger partial charge >= 0.3 is 17.9 Å². The molecule has 5 fully saturated rings. The number of rotatable bonds is 27. The maximum absolute atomic E-state index is 13.1. The van der Waals surface area contributed by atoms with Crippen molar-refractivity contribution >= 4 is 146 Å². The van der Waals surface area contributed by atoms with E-state index in [0.29, 0.717) is 33.6 Å². The number of hydrogen-bond donors (Lipinski definition) is 6. The first-order valence-corrected chi connectivity index (χ1v) is 43.1. The summed E-state index contributed by atoms with van der Waals surface area (Å²) in [7, 11) is -9.64. The summed E-state index contributed by atoms with van der Waals surface area (Å²) < 4.78 is 123. The highest BCUT2D eigenvalue weighted by Gasteiger charge is 2.42. The van der Waals surface area contributed by atoms with Crippen LogP contribution in [0, 0.1) is 27.7 Å². The third-order valence-corrected chi connectivity index (χ3v) is 24.4. The van der Waals surface area contributed by atoms with E-state index in [2.05, 4.69) is 37.2 Å². The van der Waals surface area contributed by atoms with E-state index >= 15 is 0 Å². The number of carboxylic acids is 1. The summed E-state index contributed by atoms with van der Waals surface area (Å²) in [4.78, 5) is 33.0. The van der Waals surface area contributed by atoms with Crippen LogP contribution in [0.15, 0.2) is 92.4 Å². The molecule has 580 valence electrons. The van der Waals surface area contributed by atoms with E-state index in [0.717, 1.165) is 51.1 Å². The Balaban J connectivity index is 0.000000423. The Kier molecular flexibility index (Phi) is 42.7. The number of carboxylic acid groups (broad SMARTS) is 1. The SMILES string of the molecule is CC(C)(C)OC(=O)CBr.Cc1cccc(Cl)c1S(=O)(=O)Cl.Cc1cccc(Cl)c1S(=O)(=O)N(CCO)C1CC1.Cc1cccc(Cl)c1S(=O)(=O)N(CCOCC(=O)O)C1CC1.Cc1cccc(Cl)c1S(=O)(=O)N(CCOCC(=O)OC(C)(C)C)C1CC1.NC1CC1.OCCBr.OCCNC1CC1. The first-order chi connectivity index (χ1) is 47.5. The molecule has 102 heavy (non-hydrogen) atoms. The molecule has 0 bridgehead atoms. The molecule has 0 spiro atoms. The van der Waals surface area contributed by atoms with Gasteiger partial charge < -0.3 is 50.4 Å². The highest BCUT2D eigenvalue weighted by molar-refractivity contribution is 9.09. The van der Waals surface area contributed by atoms with Gasteiger partial charge in [-0.3, -0.25) is 4.79 Å². The number of aliphatic hydroxyl groups is 3. The Morgan fingerprint density at radius 1 is 0.510 bits per heavy atom. The van der Waals surface area contributed by atoms with Crippen LogP contribution in [0.2, 0.25) is 20.1 Å². The number of nitrogens with two attached hydrogens (primary N) is 1. The van der Waals surface area contributed by atoms with Crippen LogP contribution in [0.1, 0.15) is 128 Å². The summed E-state index contributed by atoms with van der Waals surface area (Å²) >= 11 is 29.9. The number of nitrogens with one attached hydrogen (secondary N) is 1. The van der Waals surface area contributed by atoms with Gasteiger partial charge in [0.1, 0.15) is 49.3 Å². The smallest absolute Gasteiger partial charge is 0.332 e. The fourth-order valence-electron chi connectivity index (χ4n) is 8.81. The van der Waals surface area contributed by atoms with Crippen molar-refractivity contribution in [2.75, 3.05) is 83.1 Å². The first-order valence-electron chi connectivity index (χ1n) is 32.7. The van der Waals surface area contributed by atoms with Gasteiger partial charge in [0.2, 0.25) is 30.1 Å². The van der Waals surface area contributed by atoms with Crippen LogP contribution < -0.4 is 11.1 Å². The van der Waals surface area contributed by atoms with E-state index in [1.165, 1.54) is 44.7 Å². The van der Waals surface area contributed by atoms with E-state index in [9.17, 15) is 48.1 Å². The minimum atomic E-state index is -3.73. The number of alkyl halides is 2. The zero-order chi connectivity index (χ0) is 77.6. The van der Waals surface area contributed by atoms with E-state index in [4.69, 9.17) is 102 Å². The summed E-state index contributed by atoms with van der Waals surface area (Å²) in [5.41, 5.74) is 6.67. The van der Waals surface area contributed by atoms with Crippen LogP contribution in [0.25, 0.3) is 0 Å². The van der Waals surface area contributed by atoms with Crippen molar-refractivity contribution in [2.24, 2.45) is 5.73 Å². The van der Waals surface area contributed by atoms with Crippen molar-refractivity contribution < 1.29 is 87.4 Å². The number of sulfonamides is 3. The minimum absolute atomic E-state index is 0.00617. The summed E-state index contributed by atoms with van der Waals surface area (Å²) in [5.74, 6) is -1.77. The third kappa shape index (κ3) is 36.8. The zero-order valence-corrected chi connectivity index (χ0v) is 69.4. The van der Waals surface area contributed by atoms with Crippen LogP contribution >= 0.6 is 88.9 Å². The average molecular weight is 1740 g/mol. The normalized spacial score (nSPS) is 15.1. The quantitative estimate of drug-likeness (QED) is 0.0140. The van der Waals surface area contributed by atoms with E-state index in [1.807, 2.05) is 20.8 Å². The van der Waals surface area contributed by atoms with Gasteiger partial charge in [-0.25, -0.2) is 43.3 Å². The molecule has 0 aliphatic heterocycles. The standard InChI is InChI=1S/C18H26ClNO5S.C14H18ClNO5S.C12H16ClNO3S.C7H6Cl2O2S.C6H11BrO2.C5H11NO.C3H7N.C2H5BrO/c1-13-6-5-7-15(19)17(13)26(22,23)20(14-8-9-14)10-11-24-12-16(21)25-18(2,3)4;1-10-3-2-4-12(15)14(10)22(19,20)16(11-5-6-11)7-8-21-9-13(17)18;1-9-3-2-4-11(13)12(9)18(16,17)14(7-8-15)10-5-6-10;1-5-3-2-4-6(8)7(5)12(9,10)11;1-6(2,3)9-5(8)4-7;7-4-3-6-5-1-2-5;4-3-1-2-3;3-1-2-4/h5-7,14H,8-12H2,1-4H3;2-4,11H,5-9H2,1H3,(H,17,18);2-4,10,15H,5-8H2,1H3;2-4H,1H3;4H2,1-3H3;5-7H,1-4H2;3H,1-2,4H2;4H,1-2H2. The van der Waals surface area contributed by atoms with Crippen LogP contribution in [0.3, 0.4) is 0 Å². The van der Waals surface area contributed by atoms with Gasteiger partial charge in [-0.15, -0.1) is 0 Å². The molecule has 0 amide bonds.